The Bertz CT molecular complexity index is 811. The lowest BCUT2D eigenvalue weighted by molar-refractivity contribution is 0.638. The van der Waals surface area contributed by atoms with Gasteiger partial charge in [0, 0.05) is 29.2 Å². The Morgan fingerprint density at radius 1 is 1.19 bits per heavy atom. The van der Waals surface area contributed by atoms with E-state index in [1.54, 1.807) is 0 Å². The average Bonchev–Trinajstić information content (AvgIpc) is 2.93. The van der Waals surface area contributed by atoms with E-state index in [1.165, 1.54) is 5.56 Å². The van der Waals surface area contributed by atoms with Crippen molar-refractivity contribution in [2.45, 2.75) is 13.5 Å². The smallest absolute Gasteiger partial charge is 0.0998 e. The number of nitriles is 1. The molecular formula is C17H16N4. The molecule has 1 aromatic heterocycles. The fourth-order valence-electron chi connectivity index (χ4n) is 2.45. The first kappa shape index (κ1) is 13.2. The van der Waals surface area contributed by atoms with E-state index in [-0.39, 0.29) is 0 Å². The topological polar surface area (TPSA) is 53.6 Å². The van der Waals surface area contributed by atoms with Gasteiger partial charge in [0.1, 0.15) is 0 Å². The Morgan fingerprint density at radius 2 is 2.00 bits per heavy atom. The highest BCUT2D eigenvalue weighted by molar-refractivity contribution is 5.97. The second kappa shape index (κ2) is 5.68. The first-order valence-corrected chi connectivity index (χ1v) is 6.93. The molecule has 0 amide bonds. The van der Waals surface area contributed by atoms with E-state index in [1.807, 2.05) is 60.4 Å². The molecule has 0 atom stereocenters. The summed E-state index contributed by atoms with van der Waals surface area (Å²) < 4.78 is 1.92. The summed E-state index contributed by atoms with van der Waals surface area (Å²) in [5, 5.41) is 18.9. The maximum atomic E-state index is 9.17. The van der Waals surface area contributed by atoms with Crippen LogP contribution in [0.3, 0.4) is 0 Å². The highest BCUT2D eigenvalue weighted by atomic mass is 15.3. The average molecular weight is 276 g/mol. The summed E-state index contributed by atoms with van der Waals surface area (Å²) >= 11 is 0. The molecule has 0 spiro atoms. The van der Waals surface area contributed by atoms with Crippen molar-refractivity contribution in [3.8, 4) is 6.07 Å². The molecule has 1 N–H and O–H groups in total. The summed E-state index contributed by atoms with van der Waals surface area (Å²) in [4.78, 5) is 0. The number of fused-ring (bicyclic) bond motifs is 1. The molecule has 0 fully saturated rings. The van der Waals surface area contributed by atoms with Gasteiger partial charge in [-0.05, 0) is 24.6 Å². The summed E-state index contributed by atoms with van der Waals surface area (Å²) in [5.41, 5.74) is 2.92. The predicted octanol–water partition coefficient (Wildman–Crippen LogP) is 3.33. The number of anilines is 1. The first-order valence-electron chi connectivity index (χ1n) is 6.93. The van der Waals surface area contributed by atoms with Crippen molar-refractivity contribution in [1.82, 2.24) is 9.78 Å². The summed E-state index contributed by atoms with van der Waals surface area (Å²) in [6.07, 6.45) is 3.88. The van der Waals surface area contributed by atoms with Crippen molar-refractivity contribution in [2.75, 3.05) is 11.9 Å². The second-order valence-electron chi connectivity index (χ2n) is 5.03. The predicted molar refractivity (Wildman–Crippen MR) is 84.1 cm³/mol. The van der Waals surface area contributed by atoms with E-state index in [0.29, 0.717) is 5.56 Å². The zero-order chi connectivity index (χ0) is 14.7. The maximum Gasteiger partial charge on any atom is 0.0998 e. The Balaban J connectivity index is 1.80. The molecule has 0 aliphatic heterocycles. The van der Waals surface area contributed by atoms with E-state index >= 15 is 0 Å². The van der Waals surface area contributed by atoms with Crippen LogP contribution in [-0.4, -0.2) is 16.3 Å². The van der Waals surface area contributed by atoms with Crippen molar-refractivity contribution in [1.29, 1.82) is 5.26 Å². The van der Waals surface area contributed by atoms with Crippen molar-refractivity contribution in [3.63, 3.8) is 0 Å². The molecule has 0 bridgehead atoms. The SMILES string of the molecule is Cc1cnn(CCNc2ccc(C#N)c3ccccc23)c1. The molecule has 3 aromatic rings. The normalized spacial score (nSPS) is 10.5. The van der Waals surface area contributed by atoms with Crippen LogP contribution in [0.2, 0.25) is 0 Å². The standard InChI is InChI=1S/C17H16N4/c1-13-11-20-21(12-13)9-8-19-17-7-6-14(10-18)15-4-2-3-5-16(15)17/h2-7,11-12,19H,8-9H2,1H3. The van der Waals surface area contributed by atoms with Gasteiger partial charge in [-0.1, -0.05) is 24.3 Å². The van der Waals surface area contributed by atoms with E-state index in [0.717, 1.165) is 29.5 Å². The van der Waals surface area contributed by atoms with Crippen LogP contribution in [0, 0.1) is 18.3 Å². The van der Waals surface area contributed by atoms with E-state index in [4.69, 9.17) is 0 Å². The van der Waals surface area contributed by atoms with Crippen LogP contribution < -0.4 is 5.32 Å². The molecule has 2 aromatic carbocycles. The van der Waals surface area contributed by atoms with Gasteiger partial charge in [0.05, 0.1) is 24.4 Å². The third-order valence-electron chi connectivity index (χ3n) is 3.46. The van der Waals surface area contributed by atoms with Gasteiger partial charge in [-0.15, -0.1) is 0 Å². The molecule has 0 saturated carbocycles. The first-order chi connectivity index (χ1) is 10.3. The van der Waals surface area contributed by atoms with E-state index in [2.05, 4.69) is 16.5 Å². The van der Waals surface area contributed by atoms with Crippen LogP contribution >= 0.6 is 0 Å². The lowest BCUT2D eigenvalue weighted by Crippen LogP contribution is -2.11. The molecule has 4 heteroatoms. The van der Waals surface area contributed by atoms with Crippen molar-refractivity contribution in [3.05, 3.63) is 59.9 Å². The van der Waals surface area contributed by atoms with Crippen molar-refractivity contribution >= 4 is 16.5 Å². The number of nitrogens with zero attached hydrogens (tertiary/aromatic N) is 3. The molecular weight excluding hydrogens is 260 g/mol. The number of benzene rings is 2. The van der Waals surface area contributed by atoms with Gasteiger partial charge < -0.3 is 5.32 Å². The third-order valence-corrected chi connectivity index (χ3v) is 3.46. The minimum atomic E-state index is 0.707. The van der Waals surface area contributed by atoms with Gasteiger partial charge >= 0.3 is 0 Å². The highest BCUT2D eigenvalue weighted by Gasteiger charge is 2.04. The van der Waals surface area contributed by atoms with Gasteiger partial charge in [0.15, 0.2) is 0 Å². The lowest BCUT2D eigenvalue weighted by Gasteiger charge is -2.10. The molecule has 4 nitrogen and oxygen atoms in total. The second-order valence-corrected chi connectivity index (χ2v) is 5.03. The molecule has 104 valence electrons. The number of hydrogen-bond acceptors (Lipinski definition) is 3. The van der Waals surface area contributed by atoms with Crippen molar-refractivity contribution in [2.24, 2.45) is 0 Å². The van der Waals surface area contributed by atoms with Crippen LogP contribution in [0.4, 0.5) is 5.69 Å². The summed E-state index contributed by atoms with van der Waals surface area (Å²) in [7, 11) is 0. The number of aryl methyl sites for hydroxylation is 1. The molecule has 3 rings (SSSR count). The fraction of sp³-hybridized carbons (Fsp3) is 0.176. The molecule has 0 radical (unpaired) electrons. The molecule has 0 saturated heterocycles. The Kier molecular flexibility index (Phi) is 3.57. The molecule has 0 unspecified atom stereocenters. The lowest BCUT2D eigenvalue weighted by atomic mass is 10.0. The van der Waals surface area contributed by atoms with Crippen LogP contribution in [0.15, 0.2) is 48.8 Å². The zero-order valence-electron chi connectivity index (χ0n) is 11.9. The maximum absolute atomic E-state index is 9.17. The van der Waals surface area contributed by atoms with Gasteiger partial charge in [-0.3, -0.25) is 4.68 Å². The van der Waals surface area contributed by atoms with Crippen molar-refractivity contribution < 1.29 is 0 Å². The number of nitrogens with one attached hydrogen (secondary N) is 1. The van der Waals surface area contributed by atoms with Crippen LogP contribution in [0.5, 0.6) is 0 Å². The molecule has 0 aliphatic carbocycles. The summed E-state index contributed by atoms with van der Waals surface area (Å²) in [5.74, 6) is 0. The van der Waals surface area contributed by atoms with Gasteiger partial charge in [-0.25, -0.2) is 0 Å². The van der Waals surface area contributed by atoms with Crippen LogP contribution in [-0.2, 0) is 6.54 Å². The van der Waals surface area contributed by atoms with E-state index < -0.39 is 0 Å². The molecule has 1 heterocycles. The van der Waals surface area contributed by atoms with Gasteiger partial charge in [0.25, 0.3) is 0 Å². The quantitative estimate of drug-likeness (QED) is 0.795. The largest absolute Gasteiger partial charge is 0.383 e. The van der Waals surface area contributed by atoms with Crippen LogP contribution in [0.1, 0.15) is 11.1 Å². The van der Waals surface area contributed by atoms with Gasteiger partial charge in [0.2, 0.25) is 0 Å². The summed E-state index contributed by atoms with van der Waals surface area (Å²) in [6, 6.07) is 14.0. The minimum Gasteiger partial charge on any atom is -0.383 e. The zero-order valence-corrected chi connectivity index (χ0v) is 11.9. The summed E-state index contributed by atoms with van der Waals surface area (Å²) in [6.45, 7) is 3.63. The van der Waals surface area contributed by atoms with E-state index in [9.17, 15) is 5.26 Å². The number of hydrogen-bond donors (Lipinski definition) is 1. The minimum absolute atomic E-state index is 0.707. The fourth-order valence-corrected chi connectivity index (χ4v) is 2.45. The molecule has 0 aliphatic rings. The van der Waals surface area contributed by atoms with Gasteiger partial charge in [-0.2, -0.15) is 10.4 Å². The monoisotopic (exact) mass is 276 g/mol. The Morgan fingerprint density at radius 3 is 2.71 bits per heavy atom. The molecule has 21 heavy (non-hydrogen) atoms. The highest BCUT2D eigenvalue weighted by Crippen LogP contribution is 2.26. The Hall–Kier alpha value is -2.80. The van der Waals surface area contributed by atoms with Crippen LogP contribution in [0.25, 0.3) is 10.8 Å². The third kappa shape index (κ3) is 2.72. The number of aromatic nitrogens is 2. The Labute approximate surface area is 123 Å². The number of rotatable bonds is 4.